The minimum absolute atomic E-state index is 0.183. The van der Waals surface area contributed by atoms with Gasteiger partial charge in [0.2, 0.25) is 0 Å². The van der Waals surface area contributed by atoms with Gasteiger partial charge in [-0.2, -0.15) is 11.3 Å². The van der Waals surface area contributed by atoms with E-state index in [9.17, 15) is 4.79 Å². The quantitative estimate of drug-likeness (QED) is 0.868. The van der Waals surface area contributed by atoms with E-state index in [2.05, 4.69) is 11.1 Å². The summed E-state index contributed by atoms with van der Waals surface area (Å²) in [7, 11) is 0. The van der Waals surface area contributed by atoms with Gasteiger partial charge in [-0.1, -0.05) is 6.07 Å². The number of hydrogen-bond acceptors (Lipinski definition) is 3. The van der Waals surface area contributed by atoms with Gasteiger partial charge in [-0.25, -0.2) is 0 Å². The third-order valence-electron chi connectivity index (χ3n) is 3.82. The van der Waals surface area contributed by atoms with Crippen LogP contribution in [0.2, 0.25) is 0 Å². The number of aromatic nitrogens is 1. The molecular formula is C16H18N2OS. The summed E-state index contributed by atoms with van der Waals surface area (Å²) in [5.41, 5.74) is 2.10. The lowest BCUT2D eigenvalue weighted by molar-refractivity contribution is 0.0674. The van der Waals surface area contributed by atoms with Crippen LogP contribution in [0.4, 0.5) is 0 Å². The van der Waals surface area contributed by atoms with Crippen LogP contribution >= 0.6 is 11.3 Å². The summed E-state index contributed by atoms with van der Waals surface area (Å²) < 4.78 is 0. The molecule has 1 amide bonds. The van der Waals surface area contributed by atoms with Crippen molar-refractivity contribution in [1.82, 2.24) is 9.88 Å². The lowest BCUT2D eigenvalue weighted by Gasteiger charge is -2.32. The number of hydrogen-bond donors (Lipinski definition) is 0. The van der Waals surface area contributed by atoms with E-state index in [0.29, 0.717) is 5.92 Å². The first-order valence-electron chi connectivity index (χ1n) is 7.03. The molecule has 0 radical (unpaired) electrons. The van der Waals surface area contributed by atoms with Crippen LogP contribution in [0.1, 0.15) is 28.8 Å². The Morgan fingerprint density at radius 2 is 2.40 bits per heavy atom. The molecule has 4 heteroatoms. The lowest BCUT2D eigenvalue weighted by atomic mass is 9.91. The molecule has 3 rings (SSSR count). The smallest absolute Gasteiger partial charge is 0.254 e. The summed E-state index contributed by atoms with van der Waals surface area (Å²) in [5, 5.41) is 3.90. The molecule has 0 aliphatic carbocycles. The minimum atomic E-state index is 0.183. The summed E-state index contributed by atoms with van der Waals surface area (Å²) in [4.78, 5) is 18.6. The van der Waals surface area contributed by atoms with Gasteiger partial charge in [0.1, 0.15) is 0 Å². The molecule has 3 heterocycles. The maximum Gasteiger partial charge on any atom is 0.254 e. The summed E-state index contributed by atoms with van der Waals surface area (Å²) >= 11 is 1.58. The van der Waals surface area contributed by atoms with Gasteiger partial charge in [-0.15, -0.1) is 0 Å². The molecule has 1 saturated heterocycles. The topological polar surface area (TPSA) is 33.2 Å². The number of piperidine rings is 1. The Morgan fingerprint density at radius 3 is 3.15 bits per heavy atom. The van der Waals surface area contributed by atoms with Gasteiger partial charge in [-0.3, -0.25) is 9.78 Å². The second-order valence-electron chi connectivity index (χ2n) is 5.34. The highest BCUT2D eigenvalue weighted by atomic mass is 32.1. The van der Waals surface area contributed by atoms with Crippen LogP contribution in [0, 0.1) is 5.92 Å². The van der Waals surface area contributed by atoms with E-state index in [4.69, 9.17) is 0 Å². The Kier molecular flexibility index (Phi) is 4.11. The van der Waals surface area contributed by atoms with Crippen molar-refractivity contribution >= 4 is 17.2 Å². The third-order valence-corrected chi connectivity index (χ3v) is 4.50. The summed E-state index contributed by atoms with van der Waals surface area (Å²) in [6.45, 7) is 1.75. The molecule has 1 aliphatic rings. The van der Waals surface area contributed by atoms with Crippen molar-refractivity contribution in [2.75, 3.05) is 13.1 Å². The predicted octanol–water partition coefficient (Wildman–Crippen LogP) is 3.24. The summed E-state index contributed by atoms with van der Waals surface area (Å²) in [5.74, 6) is 0.734. The standard InChI is InChI=1S/C16H18N2OS/c19-16(15-5-8-20-12-15)18-7-2-4-14(11-18)9-13-3-1-6-17-10-13/h1,3,5-6,8,10,12,14H,2,4,7,9,11H2/t14-/m1/s1. The van der Waals surface area contributed by atoms with E-state index >= 15 is 0 Å². The first kappa shape index (κ1) is 13.3. The zero-order valence-electron chi connectivity index (χ0n) is 11.4. The first-order chi connectivity index (χ1) is 9.83. The van der Waals surface area contributed by atoms with E-state index in [1.807, 2.05) is 34.0 Å². The van der Waals surface area contributed by atoms with E-state index in [-0.39, 0.29) is 5.91 Å². The van der Waals surface area contributed by atoms with Gasteiger partial charge in [0.05, 0.1) is 5.56 Å². The molecule has 0 N–H and O–H groups in total. The third kappa shape index (κ3) is 3.07. The second-order valence-corrected chi connectivity index (χ2v) is 6.12. The average Bonchev–Trinajstić information content (AvgIpc) is 3.02. The molecule has 0 spiro atoms. The zero-order chi connectivity index (χ0) is 13.8. The fourth-order valence-corrected chi connectivity index (χ4v) is 3.47. The highest BCUT2D eigenvalue weighted by molar-refractivity contribution is 7.08. The number of carbonyl (C=O) groups excluding carboxylic acids is 1. The molecule has 0 aromatic carbocycles. The van der Waals surface area contributed by atoms with Crippen LogP contribution in [-0.4, -0.2) is 28.9 Å². The number of likely N-dealkylation sites (tertiary alicyclic amines) is 1. The van der Waals surface area contributed by atoms with E-state index in [1.54, 1.807) is 17.5 Å². The SMILES string of the molecule is O=C(c1ccsc1)N1CCC[C@H](Cc2cccnc2)C1. The Balaban J connectivity index is 1.63. The van der Waals surface area contributed by atoms with Crippen LogP contribution in [0.25, 0.3) is 0 Å². The fourth-order valence-electron chi connectivity index (χ4n) is 2.84. The summed E-state index contributed by atoms with van der Waals surface area (Å²) in [6, 6.07) is 6.01. The van der Waals surface area contributed by atoms with Gasteiger partial charge in [0.15, 0.2) is 0 Å². The highest BCUT2D eigenvalue weighted by Gasteiger charge is 2.24. The number of amides is 1. The molecule has 0 saturated carbocycles. The van der Waals surface area contributed by atoms with E-state index in [1.165, 1.54) is 12.0 Å². The van der Waals surface area contributed by atoms with Gasteiger partial charge in [-0.05, 0) is 48.3 Å². The van der Waals surface area contributed by atoms with Crippen molar-refractivity contribution in [2.24, 2.45) is 5.92 Å². The van der Waals surface area contributed by atoms with E-state index in [0.717, 1.165) is 31.5 Å². The maximum atomic E-state index is 12.4. The molecular weight excluding hydrogens is 268 g/mol. The number of carbonyl (C=O) groups is 1. The summed E-state index contributed by atoms with van der Waals surface area (Å²) in [6.07, 6.45) is 7.04. The molecule has 1 aliphatic heterocycles. The van der Waals surface area contributed by atoms with Crippen molar-refractivity contribution < 1.29 is 4.79 Å². The number of nitrogens with zero attached hydrogens (tertiary/aromatic N) is 2. The zero-order valence-corrected chi connectivity index (χ0v) is 12.2. The molecule has 3 nitrogen and oxygen atoms in total. The Hall–Kier alpha value is -1.68. The molecule has 0 bridgehead atoms. The van der Waals surface area contributed by atoms with Gasteiger partial charge in [0.25, 0.3) is 5.91 Å². The van der Waals surface area contributed by atoms with Gasteiger partial charge < -0.3 is 4.90 Å². The van der Waals surface area contributed by atoms with Crippen molar-refractivity contribution in [2.45, 2.75) is 19.3 Å². The second kappa shape index (κ2) is 6.18. The maximum absolute atomic E-state index is 12.4. The monoisotopic (exact) mass is 286 g/mol. The molecule has 0 unspecified atom stereocenters. The van der Waals surface area contributed by atoms with Crippen LogP contribution in [0.15, 0.2) is 41.4 Å². The molecule has 1 fully saturated rings. The van der Waals surface area contributed by atoms with Crippen molar-refractivity contribution in [3.63, 3.8) is 0 Å². The molecule has 20 heavy (non-hydrogen) atoms. The molecule has 1 atom stereocenters. The van der Waals surface area contributed by atoms with Gasteiger partial charge in [0, 0.05) is 30.9 Å². The van der Waals surface area contributed by atoms with E-state index < -0.39 is 0 Å². The Labute approximate surface area is 123 Å². The molecule has 104 valence electrons. The van der Waals surface area contributed by atoms with Crippen LogP contribution in [0.5, 0.6) is 0 Å². The van der Waals surface area contributed by atoms with Crippen LogP contribution < -0.4 is 0 Å². The predicted molar refractivity (Wildman–Crippen MR) is 80.9 cm³/mol. The Morgan fingerprint density at radius 1 is 1.45 bits per heavy atom. The number of thiophene rings is 1. The van der Waals surface area contributed by atoms with Crippen LogP contribution in [-0.2, 0) is 6.42 Å². The van der Waals surface area contributed by atoms with Crippen molar-refractivity contribution in [3.05, 3.63) is 52.5 Å². The molecule has 2 aromatic heterocycles. The van der Waals surface area contributed by atoms with Crippen molar-refractivity contribution in [1.29, 1.82) is 0 Å². The highest BCUT2D eigenvalue weighted by Crippen LogP contribution is 2.22. The average molecular weight is 286 g/mol. The first-order valence-corrected chi connectivity index (χ1v) is 7.97. The normalized spacial score (nSPS) is 19.0. The Bertz CT molecular complexity index is 553. The van der Waals surface area contributed by atoms with Gasteiger partial charge >= 0.3 is 0 Å². The fraction of sp³-hybridized carbons (Fsp3) is 0.375. The minimum Gasteiger partial charge on any atom is -0.338 e. The van der Waals surface area contributed by atoms with Crippen molar-refractivity contribution in [3.8, 4) is 0 Å². The van der Waals surface area contributed by atoms with Crippen LogP contribution in [0.3, 0.4) is 0 Å². The lowest BCUT2D eigenvalue weighted by Crippen LogP contribution is -2.40. The number of pyridine rings is 1. The number of rotatable bonds is 3. The molecule has 2 aromatic rings. The largest absolute Gasteiger partial charge is 0.338 e.